The second-order valence-electron chi connectivity index (χ2n) is 6.11. The van der Waals surface area contributed by atoms with Gasteiger partial charge in [0.2, 0.25) is 0 Å². The summed E-state index contributed by atoms with van der Waals surface area (Å²) in [5.41, 5.74) is 10.2. The van der Waals surface area contributed by atoms with Crippen LogP contribution >= 0.6 is 0 Å². The van der Waals surface area contributed by atoms with E-state index in [2.05, 4.69) is 50.8 Å². The third-order valence-electron chi connectivity index (χ3n) is 3.52. The molecule has 114 valence electrons. The molecule has 1 atom stereocenters. The monoisotopic (exact) mass is 278 g/mol. The lowest BCUT2D eigenvalue weighted by Crippen LogP contribution is -2.37. The van der Waals surface area contributed by atoms with Crippen molar-refractivity contribution in [1.82, 2.24) is 4.90 Å². The first-order valence-electron chi connectivity index (χ1n) is 7.48. The van der Waals surface area contributed by atoms with Crippen LogP contribution in [0.15, 0.2) is 18.2 Å². The van der Waals surface area contributed by atoms with E-state index in [1.165, 1.54) is 16.7 Å². The van der Waals surface area contributed by atoms with E-state index < -0.39 is 0 Å². The largest absolute Gasteiger partial charge is 0.383 e. The van der Waals surface area contributed by atoms with Gasteiger partial charge in [0.05, 0.1) is 6.61 Å². The third kappa shape index (κ3) is 5.61. The van der Waals surface area contributed by atoms with Gasteiger partial charge in [-0.3, -0.25) is 4.90 Å². The predicted octanol–water partition coefficient (Wildman–Crippen LogP) is 2.91. The zero-order valence-corrected chi connectivity index (χ0v) is 13.6. The number of nitrogens with zero attached hydrogens (tertiary/aromatic N) is 1. The van der Waals surface area contributed by atoms with Crippen molar-refractivity contribution in [2.24, 2.45) is 11.7 Å². The fourth-order valence-corrected chi connectivity index (χ4v) is 2.53. The molecule has 1 rings (SSSR count). The van der Waals surface area contributed by atoms with Gasteiger partial charge in [-0.15, -0.1) is 0 Å². The first kappa shape index (κ1) is 17.2. The predicted molar refractivity (Wildman–Crippen MR) is 86.0 cm³/mol. The highest BCUT2D eigenvalue weighted by Crippen LogP contribution is 2.18. The summed E-state index contributed by atoms with van der Waals surface area (Å²) in [6, 6.07) is 6.57. The van der Waals surface area contributed by atoms with E-state index >= 15 is 0 Å². The maximum Gasteiger partial charge on any atom is 0.0589 e. The molecule has 0 radical (unpaired) electrons. The van der Waals surface area contributed by atoms with Gasteiger partial charge in [-0.2, -0.15) is 0 Å². The van der Waals surface area contributed by atoms with Crippen LogP contribution in [0.4, 0.5) is 0 Å². The molecule has 0 aliphatic rings. The van der Waals surface area contributed by atoms with Crippen LogP contribution in [0, 0.1) is 19.8 Å². The Kier molecular flexibility index (Phi) is 7.20. The summed E-state index contributed by atoms with van der Waals surface area (Å²) in [6.45, 7) is 12.4. The Labute approximate surface area is 124 Å². The highest BCUT2D eigenvalue weighted by Gasteiger charge is 2.15. The molecule has 0 saturated carbocycles. The molecule has 3 nitrogen and oxygen atoms in total. The van der Waals surface area contributed by atoms with Crippen molar-refractivity contribution in [2.45, 2.75) is 33.7 Å². The number of nitrogens with two attached hydrogens (primary N) is 1. The van der Waals surface area contributed by atoms with E-state index in [1.54, 1.807) is 7.11 Å². The van der Waals surface area contributed by atoms with Crippen LogP contribution in [0.1, 0.15) is 36.6 Å². The summed E-state index contributed by atoms with van der Waals surface area (Å²) in [5, 5.41) is 0. The summed E-state index contributed by atoms with van der Waals surface area (Å²) >= 11 is 0. The van der Waals surface area contributed by atoms with Gasteiger partial charge in [-0.1, -0.05) is 37.6 Å². The normalized spacial score (nSPS) is 13.2. The van der Waals surface area contributed by atoms with Crippen LogP contribution in [0.25, 0.3) is 0 Å². The maximum atomic E-state index is 6.43. The maximum absolute atomic E-state index is 6.43. The molecule has 1 unspecified atom stereocenters. The van der Waals surface area contributed by atoms with Crippen molar-refractivity contribution in [2.75, 3.05) is 33.4 Å². The van der Waals surface area contributed by atoms with Crippen LogP contribution in [0.2, 0.25) is 0 Å². The van der Waals surface area contributed by atoms with E-state index in [1.807, 2.05) is 0 Å². The minimum absolute atomic E-state index is 0.0607. The zero-order chi connectivity index (χ0) is 15.1. The van der Waals surface area contributed by atoms with Crippen LogP contribution in [-0.2, 0) is 4.74 Å². The zero-order valence-electron chi connectivity index (χ0n) is 13.6. The molecular formula is C17H30N2O. The van der Waals surface area contributed by atoms with Gasteiger partial charge < -0.3 is 10.5 Å². The van der Waals surface area contributed by atoms with Crippen molar-refractivity contribution in [3.05, 3.63) is 34.9 Å². The van der Waals surface area contributed by atoms with Gasteiger partial charge >= 0.3 is 0 Å². The molecule has 0 spiro atoms. The van der Waals surface area contributed by atoms with E-state index in [-0.39, 0.29) is 6.04 Å². The van der Waals surface area contributed by atoms with Crippen LogP contribution in [-0.4, -0.2) is 38.3 Å². The number of rotatable bonds is 8. The average molecular weight is 278 g/mol. The second kappa shape index (κ2) is 8.40. The molecule has 20 heavy (non-hydrogen) atoms. The van der Waals surface area contributed by atoms with Crippen LogP contribution in [0.3, 0.4) is 0 Å². The quantitative estimate of drug-likeness (QED) is 0.794. The lowest BCUT2D eigenvalue weighted by Gasteiger charge is -2.28. The lowest BCUT2D eigenvalue weighted by atomic mass is 9.99. The Hall–Kier alpha value is -0.900. The lowest BCUT2D eigenvalue weighted by molar-refractivity contribution is 0.136. The second-order valence-corrected chi connectivity index (χ2v) is 6.11. The van der Waals surface area contributed by atoms with Crippen molar-refractivity contribution in [1.29, 1.82) is 0 Å². The van der Waals surface area contributed by atoms with E-state index in [4.69, 9.17) is 10.5 Å². The van der Waals surface area contributed by atoms with Gasteiger partial charge in [-0.05, 0) is 30.9 Å². The van der Waals surface area contributed by atoms with Crippen molar-refractivity contribution >= 4 is 0 Å². The first-order chi connectivity index (χ1) is 9.43. The average Bonchev–Trinajstić information content (AvgIpc) is 2.38. The third-order valence-corrected chi connectivity index (χ3v) is 3.52. The molecule has 0 aromatic heterocycles. The number of ether oxygens (including phenoxy) is 1. The molecule has 3 heteroatoms. The van der Waals surface area contributed by atoms with Gasteiger partial charge in [0.25, 0.3) is 0 Å². The molecule has 1 aromatic rings. The number of aryl methyl sites for hydroxylation is 2. The molecule has 1 aromatic carbocycles. The highest BCUT2D eigenvalue weighted by atomic mass is 16.5. The van der Waals surface area contributed by atoms with Gasteiger partial charge in [-0.25, -0.2) is 0 Å². The Balaban J connectivity index is 2.73. The van der Waals surface area contributed by atoms with Crippen LogP contribution < -0.4 is 5.73 Å². The molecule has 0 bridgehead atoms. The SMILES string of the molecule is COCCN(CC(C)C)CC(N)c1cc(C)ccc1C. The summed E-state index contributed by atoms with van der Waals surface area (Å²) in [6.07, 6.45) is 0. The minimum atomic E-state index is 0.0607. The molecule has 0 amide bonds. The highest BCUT2D eigenvalue weighted by molar-refractivity contribution is 5.33. The number of hydrogen-bond donors (Lipinski definition) is 1. The minimum Gasteiger partial charge on any atom is -0.383 e. The Morgan fingerprint density at radius 2 is 1.90 bits per heavy atom. The summed E-state index contributed by atoms with van der Waals surface area (Å²) < 4.78 is 5.20. The standard InChI is InChI=1S/C17H30N2O/c1-13(2)11-19(8-9-20-5)12-17(18)16-10-14(3)6-7-15(16)4/h6-7,10,13,17H,8-9,11-12,18H2,1-5H3. The van der Waals surface area contributed by atoms with Crippen LogP contribution in [0.5, 0.6) is 0 Å². The molecule has 0 heterocycles. The van der Waals surface area contributed by atoms with Crippen molar-refractivity contribution < 1.29 is 4.74 Å². The van der Waals surface area contributed by atoms with E-state index in [0.717, 1.165) is 26.2 Å². The number of benzene rings is 1. The van der Waals surface area contributed by atoms with Gasteiger partial charge in [0.15, 0.2) is 0 Å². The Bertz CT molecular complexity index is 404. The summed E-state index contributed by atoms with van der Waals surface area (Å²) in [4.78, 5) is 2.40. The molecule has 0 aliphatic carbocycles. The topological polar surface area (TPSA) is 38.5 Å². The number of hydrogen-bond acceptors (Lipinski definition) is 3. The molecular weight excluding hydrogens is 248 g/mol. The Morgan fingerprint density at radius 3 is 2.50 bits per heavy atom. The van der Waals surface area contributed by atoms with Gasteiger partial charge in [0.1, 0.15) is 0 Å². The summed E-state index contributed by atoms with van der Waals surface area (Å²) in [5.74, 6) is 0.637. The molecule has 2 N–H and O–H groups in total. The molecule has 0 fully saturated rings. The van der Waals surface area contributed by atoms with Gasteiger partial charge in [0, 0.05) is 32.8 Å². The molecule has 0 saturated heterocycles. The van der Waals surface area contributed by atoms with Crippen molar-refractivity contribution in [3.8, 4) is 0 Å². The Morgan fingerprint density at radius 1 is 1.20 bits per heavy atom. The fraction of sp³-hybridized carbons (Fsp3) is 0.647. The first-order valence-corrected chi connectivity index (χ1v) is 7.48. The van der Waals surface area contributed by atoms with E-state index in [0.29, 0.717) is 5.92 Å². The number of methoxy groups -OCH3 is 1. The summed E-state index contributed by atoms with van der Waals surface area (Å²) in [7, 11) is 1.75. The molecule has 0 aliphatic heterocycles. The van der Waals surface area contributed by atoms with Crippen molar-refractivity contribution in [3.63, 3.8) is 0 Å². The fourth-order valence-electron chi connectivity index (χ4n) is 2.53. The smallest absolute Gasteiger partial charge is 0.0589 e. The van der Waals surface area contributed by atoms with E-state index in [9.17, 15) is 0 Å².